The predicted molar refractivity (Wildman–Crippen MR) is 75.2 cm³/mol. The molecule has 18 heavy (non-hydrogen) atoms. The summed E-state index contributed by atoms with van der Waals surface area (Å²) in [5.41, 5.74) is 1.04. The molecule has 0 N–H and O–H groups in total. The largest absolute Gasteiger partial charge is 0.495 e. The Hall–Kier alpha value is -0.450. The van der Waals surface area contributed by atoms with Crippen molar-refractivity contribution in [2.24, 2.45) is 5.92 Å². The summed E-state index contributed by atoms with van der Waals surface area (Å²) < 4.78 is 16.0. The standard InChI is InChI=1S/C13H16BrClO3/c1-16-10-4-3-9(13(17-2)12(10)15)11(14)8-5-6-18-7-8/h3-4,8,11H,5-7H2,1-2H3. The lowest BCUT2D eigenvalue weighted by molar-refractivity contribution is 0.185. The van der Waals surface area contributed by atoms with Crippen molar-refractivity contribution in [1.82, 2.24) is 0 Å². The molecule has 0 radical (unpaired) electrons. The van der Waals surface area contributed by atoms with E-state index in [1.54, 1.807) is 14.2 Å². The van der Waals surface area contributed by atoms with Crippen molar-refractivity contribution in [2.75, 3.05) is 27.4 Å². The van der Waals surface area contributed by atoms with Crippen LogP contribution in [-0.2, 0) is 4.74 Å². The van der Waals surface area contributed by atoms with E-state index in [2.05, 4.69) is 15.9 Å². The second-order valence-electron chi connectivity index (χ2n) is 4.23. The van der Waals surface area contributed by atoms with Gasteiger partial charge in [-0.1, -0.05) is 33.6 Å². The highest BCUT2D eigenvalue weighted by Crippen LogP contribution is 2.45. The maximum Gasteiger partial charge on any atom is 0.145 e. The van der Waals surface area contributed by atoms with Gasteiger partial charge in [-0.15, -0.1) is 0 Å². The molecule has 1 aromatic carbocycles. The maximum absolute atomic E-state index is 6.26. The van der Waals surface area contributed by atoms with E-state index in [-0.39, 0.29) is 4.83 Å². The molecule has 1 saturated heterocycles. The van der Waals surface area contributed by atoms with Crippen LogP contribution in [0.2, 0.25) is 5.02 Å². The summed E-state index contributed by atoms with van der Waals surface area (Å²) in [7, 11) is 3.21. The van der Waals surface area contributed by atoms with E-state index in [1.165, 1.54) is 0 Å². The van der Waals surface area contributed by atoms with Gasteiger partial charge >= 0.3 is 0 Å². The van der Waals surface area contributed by atoms with E-state index < -0.39 is 0 Å². The Balaban J connectivity index is 2.34. The summed E-state index contributed by atoms with van der Waals surface area (Å²) in [5.74, 6) is 1.74. The van der Waals surface area contributed by atoms with Gasteiger partial charge in [0.05, 0.1) is 20.8 Å². The van der Waals surface area contributed by atoms with Gasteiger partial charge in [0.15, 0.2) is 0 Å². The van der Waals surface area contributed by atoms with Crippen LogP contribution >= 0.6 is 27.5 Å². The minimum atomic E-state index is 0.179. The molecule has 1 fully saturated rings. The summed E-state index contributed by atoms with van der Waals surface area (Å²) >= 11 is 9.99. The van der Waals surface area contributed by atoms with Gasteiger partial charge in [-0.3, -0.25) is 0 Å². The smallest absolute Gasteiger partial charge is 0.145 e. The normalized spacial score (nSPS) is 20.8. The molecule has 1 aliphatic rings. The molecule has 100 valence electrons. The molecule has 0 saturated carbocycles. The summed E-state index contributed by atoms with van der Waals surface area (Å²) in [6.45, 7) is 1.59. The lowest BCUT2D eigenvalue weighted by Gasteiger charge is -2.20. The third-order valence-electron chi connectivity index (χ3n) is 3.19. The monoisotopic (exact) mass is 334 g/mol. The van der Waals surface area contributed by atoms with Crippen LogP contribution in [0.15, 0.2) is 12.1 Å². The fraction of sp³-hybridized carbons (Fsp3) is 0.538. The first-order valence-electron chi connectivity index (χ1n) is 5.81. The summed E-state index contributed by atoms with van der Waals surface area (Å²) in [4.78, 5) is 0.179. The predicted octanol–water partition coefficient (Wildman–Crippen LogP) is 3.83. The molecule has 5 heteroatoms. The van der Waals surface area contributed by atoms with Crippen LogP contribution in [0.4, 0.5) is 0 Å². The van der Waals surface area contributed by atoms with Gasteiger partial charge < -0.3 is 14.2 Å². The number of methoxy groups -OCH3 is 2. The van der Waals surface area contributed by atoms with Gasteiger partial charge in [-0.25, -0.2) is 0 Å². The van der Waals surface area contributed by atoms with Crippen molar-refractivity contribution in [3.05, 3.63) is 22.7 Å². The molecule has 3 nitrogen and oxygen atoms in total. The van der Waals surface area contributed by atoms with Crippen LogP contribution in [0, 0.1) is 5.92 Å². The lowest BCUT2D eigenvalue weighted by atomic mass is 9.97. The average molecular weight is 336 g/mol. The lowest BCUT2D eigenvalue weighted by Crippen LogP contribution is -2.09. The van der Waals surface area contributed by atoms with Crippen LogP contribution < -0.4 is 9.47 Å². The topological polar surface area (TPSA) is 27.7 Å². The number of halogens is 2. The number of benzene rings is 1. The van der Waals surface area contributed by atoms with Crippen LogP contribution in [0.3, 0.4) is 0 Å². The number of hydrogen-bond donors (Lipinski definition) is 0. The fourth-order valence-electron chi connectivity index (χ4n) is 2.17. The van der Waals surface area contributed by atoms with Crippen LogP contribution in [0.5, 0.6) is 11.5 Å². The average Bonchev–Trinajstić information content (AvgIpc) is 2.91. The van der Waals surface area contributed by atoms with Crippen LogP contribution in [-0.4, -0.2) is 27.4 Å². The zero-order valence-corrected chi connectivity index (χ0v) is 12.8. The Morgan fingerprint density at radius 1 is 1.39 bits per heavy atom. The highest BCUT2D eigenvalue weighted by molar-refractivity contribution is 9.09. The van der Waals surface area contributed by atoms with E-state index in [0.717, 1.165) is 25.2 Å². The zero-order valence-electron chi connectivity index (χ0n) is 10.4. The van der Waals surface area contributed by atoms with Crippen molar-refractivity contribution >= 4 is 27.5 Å². The van der Waals surface area contributed by atoms with Gasteiger partial charge in [0.1, 0.15) is 16.5 Å². The second-order valence-corrected chi connectivity index (χ2v) is 5.59. The van der Waals surface area contributed by atoms with E-state index >= 15 is 0 Å². The zero-order chi connectivity index (χ0) is 13.1. The summed E-state index contributed by atoms with van der Waals surface area (Å²) in [6.07, 6.45) is 1.04. The minimum absolute atomic E-state index is 0.179. The minimum Gasteiger partial charge on any atom is -0.495 e. The van der Waals surface area contributed by atoms with Gasteiger partial charge in [0.25, 0.3) is 0 Å². The first-order valence-corrected chi connectivity index (χ1v) is 7.10. The van der Waals surface area contributed by atoms with Crippen molar-refractivity contribution in [3.8, 4) is 11.5 Å². The second kappa shape index (κ2) is 6.13. The molecular weight excluding hydrogens is 319 g/mol. The molecular formula is C13H16BrClO3. The Morgan fingerprint density at radius 3 is 2.72 bits per heavy atom. The Morgan fingerprint density at radius 2 is 2.17 bits per heavy atom. The van der Waals surface area contributed by atoms with E-state index in [9.17, 15) is 0 Å². The molecule has 2 atom stereocenters. The Bertz CT molecular complexity index is 419. The number of hydrogen-bond acceptors (Lipinski definition) is 3. The third-order valence-corrected chi connectivity index (χ3v) is 4.79. The highest BCUT2D eigenvalue weighted by atomic mass is 79.9. The molecule has 1 aliphatic heterocycles. The first-order chi connectivity index (χ1) is 8.69. The van der Waals surface area contributed by atoms with Gasteiger partial charge in [0, 0.05) is 22.9 Å². The van der Waals surface area contributed by atoms with E-state index in [0.29, 0.717) is 22.4 Å². The number of ether oxygens (including phenoxy) is 3. The molecule has 2 rings (SSSR count). The summed E-state index contributed by atoms with van der Waals surface area (Å²) in [6, 6.07) is 3.85. The molecule has 2 unspecified atom stereocenters. The third kappa shape index (κ3) is 2.60. The van der Waals surface area contributed by atoms with Crippen molar-refractivity contribution in [3.63, 3.8) is 0 Å². The summed E-state index contributed by atoms with van der Waals surface area (Å²) in [5, 5.41) is 0.515. The van der Waals surface area contributed by atoms with Crippen molar-refractivity contribution in [1.29, 1.82) is 0 Å². The quantitative estimate of drug-likeness (QED) is 0.783. The molecule has 1 aromatic rings. The van der Waals surface area contributed by atoms with Gasteiger partial charge in [0.2, 0.25) is 0 Å². The first kappa shape index (κ1) is 14.0. The Labute approximate surface area is 120 Å². The fourth-order valence-corrected chi connectivity index (χ4v) is 3.28. The highest BCUT2D eigenvalue weighted by Gasteiger charge is 2.28. The maximum atomic E-state index is 6.26. The Kier molecular flexibility index (Phi) is 4.76. The number of rotatable bonds is 4. The van der Waals surface area contributed by atoms with Crippen LogP contribution in [0.1, 0.15) is 16.8 Å². The van der Waals surface area contributed by atoms with E-state index in [1.807, 2.05) is 12.1 Å². The van der Waals surface area contributed by atoms with Crippen molar-refractivity contribution in [2.45, 2.75) is 11.2 Å². The molecule has 0 aromatic heterocycles. The molecule has 0 amide bonds. The van der Waals surface area contributed by atoms with Crippen LogP contribution in [0.25, 0.3) is 0 Å². The number of alkyl halides is 1. The molecule has 0 aliphatic carbocycles. The molecule has 1 heterocycles. The molecule has 0 spiro atoms. The van der Waals surface area contributed by atoms with Gasteiger partial charge in [-0.2, -0.15) is 0 Å². The molecule has 0 bridgehead atoms. The SMILES string of the molecule is COc1ccc(C(Br)C2CCOC2)c(OC)c1Cl. The van der Waals surface area contributed by atoms with E-state index in [4.69, 9.17) is 25.8 Å². The van der Waals surface area contributed by atoms with Gasteiger partial charge in [-0.05, 0) is 12.5 Å². The van der Waals surface area contributed by atoms with Crippen molar-refractivity contribution < 1.29 is 14.2 Å².